The molecule has 3 rings (SSSR count). The highest BCUT2D eigenvalue weighted by atomic mass is 19.2. The van der Waals surface area contributed by atoms with Crippen LogP contribution >= 0.6 is 0 Å². The van der Waals surface area contributed by atoms with Gasteiger partial charge in [0.1, 0.15) is 23.7 Å². The third-order valence-corrected chi connectivity index (χ3v) is 5.82. The summed E-state index contributed by atoms with van der Waals surface area (Å²) in [5.74, 6) is -2.15. The van der Waals surface area contributed by atoms with Crippen LogP contribution in [0.3, 0.4) is 0 Å². The fourth-order valence-corrected chi connectivity index (χ4v) is 3.83. The van der Waals surface area contributed by atoms with Gasteiger partial charge in [0.15, 0.2) is 11.6 Å². The zero-order valence-electron chi connectivity index (χ0n) is 23.9. The largest absolute Gasteiger partial charge is 0.496 e. The molecule has 3 aromatic rings. The molecule has 0 bridgehead atoms. The van der Waals surface area contributed by atoms with Crippen LogP contribution in [-0.4, -0.2) is 66.4 Å². The molecular formula is C30H34F2N2O8. The number of esters is 1. The lowest BCUT2D eigenvalue weighted by atomic mass is 10.0. The molecule has 1 atom stereocenters. The minimum absolute atomic E-state index is 0.0754. The Morgan fingerprint density at radius 1 is 1.02 bits per heavy atom. The molecule has 0 aromatic heterocycles. The van der Waals surface area contributed by atoms with Crippen molar-refractivity contribution in [3.63, 3.8) is 0 Å². The van der Waals surface area contributed by atoms with E-state index in [-0.39, 0.29) is 30.2 Å². The van der Waals surface area contributed by atoms with Gasteiger partial charge in [-0.15, -0.1) is 0 Å². The van der Waals surface area contributed by atoms with Crippen molar-refractivity contribution in [1.29, 1.82) is 0 Å². The predicted molar refractivity (Wildman–Crippen MR) is 150 cm³/mol. The van der Waals surface area contributed by atoms with Crippen LogP contribution in [0.2, 0.25) is 0 Å². The molecule has 0 saturated carbocycles. The molecule has 0 radical (unpaired) electrons. The number of aliphatic hydroxyl groups is 2. The number of para-hydroxylation sites is 1. The van der Waals surface area contributed by atoms with Gasteiger partial charge >= 0.3 is 12.1 Å². The van der Waals surface area contributed by atoms with Gasteiger partial charge in [-0.3, -0.25) is 5.43 Å². The quantitative estimate of drug-likeness (QED) is 0.211. The molecule has 0 unspecified atom stereocenters. The van der Waals surface area contributed by atoms with Crippen molar-refractivity contribution >= 4 is 17.7 Å². The molecule has 0 heterocycles. The monoisotopic (exact) mass is 588 g/mol. The van der Waals surface area contributed by atoms with E-state index in [2.05, 4.69) is 5.43 Å². The number of carbonyl (C=O) groups is 2. The molecule has 0 spiro atoms. The zero-order chi connectivity index (χ0) is 31.0. The first-order valence-corrected chi connectivity index (χ1v) is 12.9. The number of amides is 1. The number of benzene rings is 3. The molecule has 3 aromatic carbocycles. The lowest BCUT2D eigenvalue weighted by Crippen LogP contribution is -2.45. The standard InChI is InChI=1S/C30H34F2N2O8/c1-30(2,3)42-29(38)34(15-20(36)16-35)33-27-19(7-6-8-22(27)28(37)40-5)17-41-21-11-9-18(10-12-21)23-13-24(31)25(32)14-26(23)39-4/h6-14,20,33,35-36H,15-17H2,1-5H3/t20-/m1/s1. The van der Waals surface area contributed by atoms with Crippen LogP contribution in [0, 0.1) is 11.6 Å². The highest BCUT2D eigenvalue weighted by Crippen LogP contribution is 2.33. The van der Waals surface area contributed by atoms with Crippen molar-refractivity contribution in [3.8, 4) is 22.6 Å². The summed E-state index contributed by atoms with van der Waals surface area (Å²) in [5, 5.41) is 20.4. The zero-order valence-corrected chi connectivity index (χ0v) is 23.9. The normalized spacial score (nSPS) is 11.8. The van der Waals surface area contributed by atoms with Gasteiger partial charge in [-0.05, 0) is 50.6 Å². The summed E-state index contributed by atoms with van der Waals surface area (Å²) in [6, 6.07) is 13.3. The summed E-state index contributed by atoms with van der Waals surface area (Å²) in [6.07, 6.45) is -2.16. The maximum absolute atomic E-state index is 13.9. The summed E-state index contributed by atoms with van der Waals surface area (Å²) >= 11 is 0. The third-order valence-electron chi connectivity index (χ3n) is 5.82. The van der Waals surface area contributed by atoms with Crippen LogP contribution in [0.4, 0.5) is 19.3 Å². The van der Waals surface area contributed by atoms with E-state index < -0.39 is 42.0 Å². The molecule has 3 N–H and O–H groups in total. The van der Waals surface area contributed by atoms with E-state index in [0.29, 0.717) is 22.4 Å². The number of halogens is 2. The number of anilines is 1. The predicted octanol–water partition coefficient (Wildman–Crippen LogP) is 4.92. The Bertz CT molecular complexity index is 1390. The maximum Gasteiger partial charge on any atom is 0.429 e. The number of methoxy groups -OCH3 is 2. The highest BCUT2D eigenvalue weighted by molar-refractivity contribution is 5.96. The van der Waals surface area contributed by atoms with E-state index in [0.717, 1.165) is 17.1 Å². The number of rotatable bonds is 11. The fourth-order valence-electron chi connectivity index (χ4n) is 3.83. The van der Waals surface area contributed by atoms with E-state index in [1.165, 1.54) is 20.3 Å². The number of nitrogens with zero attached hydrogens (tertiary/aromatic N) is 1. The summed E-state index contributed by atoms with van der Waals surface area (Å²) in [4.78, 5) is 25.5. The maximum atomic E-state index is 13.9. The summed E-state index contributed by atoms with van der Waals surface area (Å²) in [6.45, 7) is 3.94. The van der Waals surface area contributed by atoms with Gasteiger partial charge in [0.05, 0.1) is 44.7 Å². The van der Waals surface area contributed by atoms with Gasteiger partial charge in [0.2, 0.25) is 0 Å². The first-order valence-electron chi connectivity index (χ1n) is 12.9. The van der Waals surface area contributed by atoms with Gasteiger partial charge in [0.25, 0.3) is 0 Å². The van der Waals surface area contributed by atoms with Crippen molar-refractivity contribution in [1.82, 2.24) is 5.01 Å². The van der Waals surface area contributed by atoms with Crippen LogP contribution < -0.4 is 14.9 Å². The Hall–Kier alpha value is -4.42. The Kier molecular flexibility index (Phi) is 10.7. The number of hydrogen-bond acceptors (Lipinski definition) is 9. The summed E-state index contributed by atoms with van der Waals surface area (Å²) in [7, 11) is 2.57. The minimum atomic E-state index is -1.30. The van der Waals surface area contributed by atoms with Crippen molar-refractivity contribution in [3.05, 3.63) is 77.4 Å². The van der Waals surface area contributed by atoms with Crippen LogP contribution in [0.25, 0.3) is 11.1 Å². The fraction of sp³-hybridized carbons (Fsp3) is 0.333. The number of aliphatic hydroxyl groups excluding tert-OH is 2. The second kappa shape index (κ2) is 14.0. The van der Waals surface area contributed by atoms with Crippen LogP contribution in [0.5, 0.6) is 11.5 Å². The van der Waals surface area contributed by atoms with Crippen LogP contribution in [-0.2, 0) is 16.1 Å². The summed E-state index contributed by atoms with van der Waals surface area (Å²) in [5.41, 5.74) is 3.55. The molecule has 0 aliphatic rings. The Morgan fingerprint density at radius 3 is 2.29 bits per heavy atom. The van der Waals surface area contributed by atoms with Gasteiger partial charge in [-0.2, -0.15) is 0 Å². The minimum Gasteiger partial charge on any atom is -0.496 e. The van der Waals surface area contributed by atoms with Crippen molar-refractivity contribution in [2.75, 3.05) is 32.8 Å². The summed E-state index contributed by atoms with van der Waals surface area (Å²) < 4.78 is 49.0. The number of hydrazine groups is 1. The molecule has 1 amide bonds. The van der Waals surface area contributed by atoms with Crippen molar-refractivity contribution in [2.24, 2.45) is 0 Å². The highest BCUT2D eigenvalue weighted by Gasteiger charge is 2.27. The van der Waals surface area contributed by atoms with E-state index in [9.17, 15) is 28.6 Å². The topological polar surface area (TPSA) is 127 Å². The Balaban J connectivity index is 1.90. The van der Waals surface area contributed by atoms with Crippen molar-refractivity contribution < 1.29 is 47.5 Å². The molecule has 10 nitrogen and oxygen atoms in total. The molecule has 0 aliphatic heterocycles. The van der Waals surface area contributed by atoms with Gasteiger partial charge in [-0.1, -0.05) is 24.3 Å². The average molecular weight is 589 g/mol. The van der Waals surface area contributed by atoms with E-state index >= 15 is 0 Å². The Morgan fingerprint density at radius 2 is 1.69 bits per heavy atom. The first kappa shape index (κ1) is 32.1. The van der Waals surface area contributed by atoms with E-state index in [1.807, 2.05) is 0 Å². The average Bonchev–Trinajstić information content (AvgIpc) is 2.96. The van der Waals surface area contributed by atoms with E-state index in [1.54, 1.807) is 57.2 Å². The van der Waals surface area contributed by atoms with Gasteiger partial charge < -0.3 is 29.2 Å². The van der Waals surface area contributed by atoms with Gasteiger partial charge in [0, 0.05) is 17.2 Å². The number of ether oxygens (including phenoxy) is 4. The number of hydrogen-bond donors (Lipinski definition) is 3. The van der Waals surface area contributed by atoms with E-state index in [4.69, 9.17) is 18.9 Å². The smallest absolute Gasteiger partial charge is 0.429 e. The molecule has 0 fully saturated rings. The molecule has 42 heavy (non-hydrogen) atoms. The Labute approximate surface area is 242 Å². The second-order valence-electron chi connectivity index (χ2n) is 10.2. The lowest BCUT2D eigenvalue weighted by Gasteiger charge is -2.30. The SMILES string of the molecule is COC(=O)c1cccc(COc2ccc(-c3cc(F)c(F)cc3OC)cc2)c1NN(C[C@@H](O)CO)C(=O)OC(C)(C)C. The second-order valence-corrected chi connectivity index (χ2v) is 10.2. The lowest BCUT2D eigenvalue weighted by molar-refractivity contribution is 0.0133. The van der Waals surface area contributed by atoms with Crippen molar-refractivity contribution in [2.45, 2.75) is 39.1 Å². The molecule has 12 heteroatoms. The number of nitrogens with one attached hydrogen (secondary N) is 1. The molecular weight excluding hydrogens is 554 g/mol. The van der Waals surface area contributed by atoms with Gasteiger partial charge in [-0.25, -0.2) is 23.4 Å². The first-order chi connectivity index (χ1) is 19.9. The molecule has 0 saturated heterocycles. The van der Waals surface area contributed by atoms with Crippen LogP contribution in [0.15, 0.2) is 54.6 Å². The molecule has 0 aliphatic carbocycles. The number of carbonyl (C=O) groups excluding carboxylic acids is 2. The van der Waals surface area contributed by atoms with Crippen LogP contribution in [0.1, 0.15) is 36.7 Å². The molecule has 226 valence electrons. The third kappa shape index (κ3) is 8.30.